The van der Waals surface area contributed by atoms with Crippen molar-refractivity contribution in [1.82, 2.24) is 20.3 Å². The molecule has 0 aliphatic carbocycles. The number of thiophene rings is 1. The van der Waals surface area contributed by atoms with Crippen LogP contribution in [0.4, 0.5) is 4.39 Å². The van der Waals surface area contributed by atoms with Crippen molar-refractivity contribution in [3.8, 4) is 11.3 Å². The minimum atomic E-state index is -0.317. The van der Waals surface area contributed by atoms with Crippen molar-refractivity contribution in [3.63, 3.8) is 0 Å². The van der Waals surface area contributed by atoms with E-state index in [2.05, 4.69) is 20.3 Å². The molecule has 128 valence electrons. The summed E-state index contributed by atoms with van der Waals surface area (Å²) in [5.74, 6) is -0.544. The molecule has 26 heavy (non-hydrogen) atoms. The molecule has 0 spiro atoms. The molecule has 4 rings (SSSR count). The Morgan fingerprint density at radius 1 is 1.12 bits per heavy atom. The molecule has 1 aromatic carbocycles. The smallest absolute Gasteiger partial charge is 0.261 e. The molecule has 7 heteroatoms. The number of hydrogen-bond acceptors (Lipinski definition) is 5. The number of pyridine rings is 1. The fourth-order valence-corrected chi connectivity index (χ4v) is 3.58. The fourth-order valence-electron chi connectivity index (χ4n) is 2.62. The van der Waals surface area contributed by atoms with Gasteiger partial charge in [0.25, 0.3) is 5.91 Å². The second-order valence-electron chi connectivity index (χ2n) is 5.57. The maximum absolute atomic E-state index is 13.3. The van der Waals surface area contributed by atoms with Crippen LogP contribution in [-0.4, -0.2) is 20.9 Å². The normalized spacial score (nSPS) is 10.8. The molecule has 1 N–H and O–H groups in total. The quantitative estimate of drug-likeness (QED) is 0.598. The minimum absolute atomic E-state index is 0.227. The zero-order valence-corrected chi connectivity index (χ0v) is 14.3. The number of nitrogens with one attached hydrogen (secondary N) is 1. The second kappa shape index (κ2) is 6.97. The molecule has 0 fully saturated rings. The van der Waals surface area contributed by atoms with E-state index in [4.69, 9.17) is 0 Å². The second-order valence-corrected chi connectivity index (χ2v) is 6.65. The molecule has 3 heterocycles. The molecule has 0 saturated heterocycles. The van der Waals surface area contributed by atoms with E-state index in [1.807, 2.05) is 12.1 Å². The first-order valence-corrected chi connectivity index (χ1v) is 8.70. The predicted molar refractivity (Wildman–Crippen MR) is 98.2 cm³/mol. The molecule has 1 amide bonds. The van der Waals surface area contributed by atoms with Gasteiger partial charge in [-0.05, 0) is 41.8 Å². The van der Waals surface area contributed by atoms with E-state index in [9.17, 15) is 9.18 Å². The van der Waals surface area contributed by atoms with Gasteiger partial charge in [-0.25, -0.2) is 4.39 Å². The third kappa shape index (κ3) is 3.29. The van der Waals surface area contributed by atoms with E-state index in [1.165, 1.54) is 23.5 Å². The van der Waals surface area contributed by atoms with Crippen LogP contribution in [0.1, 0.15) is 15.4 Å². The maximum Gasteiger partial charge on any atom is 0.261 e. The predicted octanol–water partition coefficient (Wildman–Crippen LogP) is 3.82. The van der Waals surface area contributed by atoms with Crippen LogP contribution in [0.2, 0.25) is 0 Å². The van der Waals surface area contributed by atoms with Gasteiger partial charge >= 0.3 is 0 Å². The number of halogens is 1. The SMILES string of the molecule is O=C(NCc1nccnc1-c1cccnc1)c1cc2cc(F)ccc2s1. The zero-order chi connectivity index (χ0) is 17.9. The molecule has 0 atom stereocenters. The summed E-state index contributed by atoms with van der Waals surface area (Å²) < 4.78 is 14.2. The van der Waals surface area contributed by atoms with E-state index < -0.39 is 0 Å². The molecule has 0 aliphatic rings. The third-order valence-electron chi connectivity index (χ3n) is 3.83. The monoisotopic (exact) mass is 364 g/mol. The Labute approximate surface area is 152 Å². The molecule has 0 radical (unpaired) electrons. The van der Waals surface area contributed by atoms with E-state index in [0.29, 0.717) is 16.3 Å². The van der Waals surface area contributed by atoms with Crippen molar-refractivity contribution in [2.75, 3.05) is 0 Å². The van der Waals surface area contributed by atoms with Crippen molar-refractivity contribution in [3.05, 3.63) is 77.6 Å². The van der Waals surface area contributed by atoms with Crippen LogP contribution in [0.25, 0.3) is 21.3 Å². The summed E-state index contributed by atoms with van der Waals surface area (Å²) in [6.07, 6.45) is 6.58. The van der Waals surface area contributed by atoms with Crippen molar-refractivity contribution in [1.29, 1.82) is 0 Å². The number of rotatable bonds is 4. The summed E-state index contributed by atoms with van der Waals surface area (Å²) in [6, 6.07) is 9.89. The van der Waals surface area contributed by atoms with Crippen molar-refractivity contribution in [2.24, 2.45) is 0 Å². The first-order valence-electron chi connectivity index (χ1n) is 7.88. The van der Waals surface area contributed by atoms with Crippen molar-refractivity contribution >= 4 is 27.3 Å². The summed E-state index contributed by atoms with van der Waals surface area (Å²) in [7, 11) is 0. The van der Waals surface area contributed by atoms with Gasteiger partial charge in [0, 0.05) is 35.1 Å². The molecular weight excluding hydrogens is 351 g/mol. The maximum atomic E-state index is 13.3. The molecule has 0 aliphatic heterocycles. The summed E-state index contributed by atoms with van der Waals surface area (Å²) >= 11 is 1.33. The minimum Gasteiger partial charge on any atom is -0.346 e. The largest absolute Gasteiger partial charge is 0.346 e. The summed E-state index contributed by atoms with van der Waals surface area (Å²) in [6.45, 7) is 0.236. The number of hydrogen-bond donors (Lipinski definition) is 1. The molecular formula is C19H13FN4OS. The van der Waals surface area contributed by atoms with Gasteiger partial charge in [-0.15, -0.1) is 11.3 Å². The Hall–Kier alpha value is -3.19. The number of fused-ring (bicyclic) bond motifs is 1. The van der Waals surface area contributed by atoms with E-state index >= 15 is 0 Å². The number of benzene rings is 1. The molecule has 4 aromatic rings. The van der Waals surface area contributed by atoms with Gasteiger partial charge < -0.3 is 5.32 Å². The molecule has 0 saturated carbocycles. The lowest BCUT2D eigenvalue weighted by Crippen LogP contribution is -2.23. The highest BCUT2D eigenvalue weighted by Crippen LogP contribution is 2.26. The van der Waals surface area contributed by atoms with Crippen LogP contribution in [-0.2, 0) is 6.54 Å². The van der Waals surface area contributed by atoms with Gasteiger partial charge in [-0.3, -0.25) is 19.7 Å². The summed E-state index contributed by atoms with van der Waals surface area (Å²) in [5, 5.41) is 3.57. The third-order valence-corrected chi connectivity index (χ3v) is 4.94. The topological polar surface area (TPSA) is 67.8 Å². The molecule has 5 nitrogen and oxygen atoms in total. The number of carbonyl (C=O) groups is 1. The Bertz CT molecular complexity index is 1080. The average Bonchev–Trinajstić information content (AvgIpc) is 3.10. The zero-order valence-electron chi connectivity index (χ0n) is 13.5. The summed E-state index contributed by atoms with van der Waals surface area (Å²) in [4.78, 5) is 25.8. The van der Waals surface area contributed by atoms with Crippen LogP contribution in [0, 0.1) is 5.82 Å². The Kier molecular flexibility index (Phi) is 4.37. The lowest BCUT2D eigenvalue weighted by molar-refractivity contribution is 0.0954. The molecule has 0 unspecified atom stereocenters. The number of carbonyl (C=O) groups excluding carboxylic acids is 1. The fraction of sp³-hybridized carbons (Fsp3) is 0.0526. The van der Waals surface area contributed by atoms with Crippen LogP contribution >= 0.6 is 11.3 Å². The van der Waals surface area contributed by atoms with Crippen LogP contribution in [0.5, 0.6) is 0 Å². The lowest BCUT2D eigenvalue weighted by atomic mass is 10.1. The highest BCUT2D eigenvalue weighted by atomic mass is 32.1. The highest BCUT2D eigenvalue weighted by molar-refractivity contribution is 7.20. The summed E-state index contributed by atoms with van der Waals surface area (Å²) in [5.41, 5.74) is 2.17. The Balaban J connectivity index is 1.54. The van der Waals surface area contributed by atoms with E-state index in [-0.39, 0.29) is 18.3 Å². The molecule has 3 aromatic heterocycles. The van der Waals surface area contributed by atoms with Gasteiger partial charge in [0.2, 0.25) is 0 Å². The standard InChI is InChI=1S/C19H13FN4OS/c20-14-3-4-16-13(8-14)9-17(26-16)19(25)24-11-15-18(23-7-6-22-15)12-2-1-5-21-10-12/h1-10H,11H2,(H,24,25). The molecule has 0 bridgehead atoms. The van der Waals surface area contributed by atoms with Crippen LogP contribution in [0.15, 0.2) is 61.2 Å². The first kappa shape index (κ1) is 16.3. The van der Waals surface area contributed by atoms with Crippen LogP contribution in [0.3, 0.4) is 0 Å². The van der Waals surface area contributed by atoms with Crippen molar-refractivity contribution < 1.29 is 9.18 Å². The van der Waals surface area contributed by atoms with E-state index in [1.54, 1.807) is 36.9 Å². The van der Waals surface area contributed by atoms with Gasteiger partial charge in [0.15, 0.2) is 0 Å². The Morgan fingerprint density at radius 3 is 2.85 bits per heavy atom. The lowest BCUT2D eigenvalue weighted by Gasteiger charge is -2.08. The highest BCUT2D eigenvalue weighted by Gasteiger charge is 2.13. The average molecular weight is 364 g/mol. The van der Waals surface area contributed by atoms with Gasteiger partial charge in [0.1, 0.15) is 5.82 Å². The van der Waals surface area contributed by atoms with Gasteiger partial charge in [-0.1, -0.05) is 0 Å². The Morgan fingerprint density at radius 2 is 2.00 bits per heavy atom. The van der Waals surface area contributed by atoms with Crippen molar-refractivity contribution in [2.45, 2.75) is 6.54 Å². The van der Waals surface area contributed by atoms with Gasteiger partial charge in [0.05, 0.1) is 22.8 Å². The number of amides is 1. The number of nitrogens with zero attached hydrogens (tertiary/aromatic N) is 3. The van der Waals surface area contributed by atoms with Gasteiger partial charge in [-0.2, -0.15) is 0 Å². The van der Waals surface area contributed by atoms with Crippen LogP contribution < -0.4 is 5.32 Å². The number of aromatic nitrogens is 3. The first-order chi connectivity index (χ1) is 12.7. The van der Waals surface area contributed by atoms with E-state index in [0.717, 1.165) is 15.6 Å².